The first-order chi connectivity index (χ1) is 8.59. The molecule has 1 aromatic rings. The molecule has 102 valence electrons. The van der Waals surface area contributed by atoms with Crippen LogP contribution in [0.2, 0.25) is 0 Å². The van der Waals surface area contributed by atoms with Crippen molar-refractivity contribution in [1.82, 2.24) is 9.78 Å². The van der Waals surface area contributed by atoms with E-state index in [9.17, 15) is 5.11 Å². The molecule has 18 heavy (non-hydrogen) atoms. The Morgan fingerprint density at radius 2 is 2.33 bits per heavy atom. The van der Waals surface area contributed by atoms with Gasteiger partial charge in [-0.2, -0.15) is 5.10 Å². The number of hydrogen-bond acceptors (Lipinski definition) is 3. The van der Waals surface area contributed by atoms with Crippen LogP contribution in [0.15, 0.2) is 6.07 Å². The average molecular weight is 252 g/mol. The number of aliphatic hydroxyl groups is 1. The largest absolute Gasteiger partial charge is 0.387 e. The third kappa shape index (κ3) is 2.59. The van der Waals surface area contributed by atoms with E-state index in [0.29, 0.717) is 6.42 Å². The highest BCUT2D eigenvalue weighted by atomic mass is 16.5. The summed E-state index contributed by atoms with van der Waals surface area (Å²) in [6.45, 7) is 2.10. The minimum Gasteiger partial charge on any atom is -0.387 e. The third-order valence-electron chi connectivity index (χ3n) is 4.09. The Labute approximate surface area is 109 Å². The number of aromatic nitrogens is 2. The van der Waals surface area contributed by atoms with Crippen molar-refractivity contribution >= 4 is 0 Å². The summed E-state index contributed by atoms with van der Waals surface area (Å²) in [4.78, 5) is 0. The molecule has 0 bridgehead atoms. The van der Waals surface area contributed by atoms with Crippen LogP contribution in [-0.2, 0) is 24.6 Å². The second-order valence-electron chi connectivity index (χ2n) is 5.35. The van der Waals surface area contributed by atoms with Gasteiger partial charge in [-0.05, 0) is 25.3 Å². The Balaban J connectivity index is 2.17. The van der Waals surface area contributed by atoms with Gasteiger partial charge in [-0.15, -0.1) is 0 Å². The summed E-state index contributed by atoms with van der Waals surface area (Å²) in [6.07, 6.45) is 5.51. The predicted molar refractivity (Wildman–Crippen MR) is 70.5 cm³/mol. The van der Waals surface area contributed by atoms with Gasteiger partial charge in [0.15, 0.2) is 0 Å². The number of nitrogens with zero attached hydrogens (tertiary/aromatic N) is 2. The van der Waals surface area contributed by atoms with Crippen LogP contribution in [-0.4, -0.2) is 33.7 Å². The second-order valence-corrected chi connectivity index (χ2v) is 5.35. The molecule has 0 spiro atoms. The SMILES string of the molecule is CCc1cc(CC2(O)CCCCC2OC)n(C)n1. The van der Waals surface area contributed by atoms with Crippen molar-refractivity contribution in [3.8, 4) is 0 Å². The smallest absolute Gasteiger partial charge is 0.0963 e. The highest BCUT2D eigenvalue weighted by Crippen LogP contribution is 2.33. The minimum atomic E-state index is -0.730. The van der Waals surface area contributed by atoms with Gasteiger partial charge in [0.2, 0.25) is 0 Å². The molecule has 4 heteroatoms. The van der Waals surface area contributed by atoms with Gasteiger partial charge < -0.3 is 9.84 Å². The van der Waals surface area contributed by atoms with Crippen molar-refractivity contribution in [2.75, 3.05) is 7.11 Å². The average Bonchev–Trinajstić information content (AvgIpc) is 2.70. The molecular weight excluding hydrogens is 228 g/mol. The number of aryl methyl sites for hydroxylation is 2. The van der Waals surface area contributed by atoms with Gasteiger partial charge in [-0.3, -0.25) is 4.68 Å². The maximum Gasteiger partial charge on any atom is 0.0963 e. The lowest BCUT2D eigenvalue weighted by molar-refractivity contribution is -0.116. The molecule has 0 saturated heterocycles. The summed E-state index contributed by atoms with van der Waals surface area (Å²) in [5, 5.41) is 15.3. The summed E-state index contributed by atoms with van der Waals surface area (Å²) in [6, 6.07) is 2.10. The minimum absolute atomic E-state index is 0.0498. The van der Waals surface area contributed by atoms with Crippen LogP contribution in [0.3, 0.4) is 0 Å². The summed E-state index contributed by atoms with van der Waals surface area (Å²) >= 11 is 0. The topological polar surface area (TPSA) is 47.3 Å². The van der Waals surface area contributed by atoms with Crippen molar-refractivity contribution in [3.05, 3.63) is 17.5 Å². The van der Waals surface area contributed by atoms with E-state index in [-0.39, 0.29) is 6.10 Å². The number of ether oxygens (including phenoxy) is 1. The molecule has 1 saturated carbocycles. The molecule has 1 heterocycles. The van der Waals surface area contributed by atoms with Crippen LogP contribution in [0, 0.1) is 0 Å². The zero-order valence-electron chi connectivity index (χ0n) is 11.6. The Kier molecular flexibility index (Phi) is 4.07. The fourth-order valence-corrected chi connectivity index (χ4v) is 2.95. The Morgan fingerprint density at radius 3 is 2.94 bits per heavy atom. The molecule has 0 aliphatic heterocycles. The van der Waals surface area contributed by atoms with Crippen LogP contribution >= 0.6 is 0 Å². The van der Waals surface area contributed by atoms with Gasteiger partial charge >= 0.3 is 0 Å². The highest BCUT2D eigenvalue weighted by Gasteiger charge is 2.39. The molecule has 1 aliphatic carbocycles. The molecule has 2 rings (SSSR count). The van der Waals surface area contributed by atoms with Crippen molar-refractivity contribution in [2.45, 2.75) is 57.2 Å². The van der Waals surface area contributed by atoms with E-state index in [1.807, 2.05) is 11.7 Å². The maximum absolute atomic E-state index is 10.8. The van der Waals surface area contributed by atoms with E-state index >= 15 is 0 Å². The fourth-order valence-electron chi connectivity index (χ4n) is 2.95. The van der Waals surface area contributed by atoms with Gasteiger partial charge in [0.1, 0.15) is 0 Å². The lowest BCUT2D eigenvalue weighted by Crippen LogP contribution is -2.48. The first-order valence-corrected chi connectivity index (χ1v) is 6.86. The van der Waals surface area contributed by atoms with Crippen LogP contribution in [0.5, 0.6) is 0 Å². The maximum atomic E-state index is 10.8. The first-order valence-electron chi connectivity index (χ1n) is 6.86. The third-order valence-corrected chi connectivity index (χ3v) is 4.09. The molecule has 1 aromatic heterocycles. The second kappa shape index (κ2) is 5.41. The van der Waals surface area contributed by atoms with Crippen LogP contribution in [0.4, 0.5) is 0 Å². The number of hydrogen-bond donors (Lipinski definition) is 1. The van der Waals surface area contributed by atoms with E-state index in [1.54, 1.807) is 7.11 Å². The predicted octanol–water partition coefficient (Wildman–Crippen LogP) is 1.85. The fraction of sp³-hybridized carbons (Fsp3) is 0.786. The van der Waals surface area contributed by atoms with E-state index in [4.69, 9.17) is 4.74 Å². The van der Waals surface area contributed by atoms with E-state index in [1.165, 1.54) is 0 Å². The molecule has 0 radical (unpaired) electrons. The molecular formula is C14H24N2O2. The number of methoxy groups -OCH3 is 1. The number of rotatable bonds is 4. The summed E-state index contributed by atoms with van der Waals surface area (Å²) in [7, 11) is 3.64. The lowest BCUT2D eigenvalue weighted by atomic mass is 9.79. The molecule has 0 amide bonds. The van der Waals surface area contributed by atoms with E-state index < -0.39 is 5.60 Å². The van der Waals surface area contributed by atoms with Gasteiger partial charge in [-0.1, -0.05) is 19.8 Å². The van der Waals surface area contributed by atoms with E-state index in [2.05, 4.69) is 18.1 Å². The van der Waals surface area contributed by atoms with Gasteiger partial charge in [0.05, 0.1) is 17.4 Å². The van der Waals surface area contributed by atoms with Gasteiger partial charge in [0.25, 0.3) is 0 Å². The van der Waals surface area contributed by atoms with Crippen molar-refractivity contribution < 1.29 is 9.84 Å². The monoisotopic (exact) mass is 252 g/mol. The van der Waals surface area contributed by atoms with E-state index in [0.717, 1.165) is 43.5 Å². The normalized spacial score (nSPS) is 28.6. The van der Waals surface area contributed by atoms with Crippen molar-refractivity contribution in [1.29, 1.82) is 0 Å². The lowest BCUT2D eigenvalue weighted by Gasteiger charge is -2.39. The summed E-state index contributed by atoms with van der Waals surface area (Å²) in [5.41, 5.74) is 1.45. The first kappa shape index (κ1) is 13.6. The zero-order chi connectivity index (χ0) is 13.2. The molecule has 1 aliphatic rings. The van der Waals surface area contributed by atoms with Crippen LogP contribution < -0.4 is 0 Å². The molecule has 1 fully saturated rings. The molecule has 1 N–H and O–H groups in total. The van der Waals surface area contributed by atoms with Crippen molar-refractivity contribution in [2.24, 2.45) is 7.05 Å². The van der Waals surface area contributed by atoms with Crippen LogP contribution in [0.1, 0.15) is 44.0 Å². The summed E-state index contributed by atoms with van der Waals surface area (Å²) in [5.74, 6) is 0. The Bertz CT molecular complexity index is 402. The van der Waals surface area contributed by atoms with Gasteiger partial charge in [-0.25, -0.2) is 0 Å². The standard InChI is InChI=1S/C14H24N2O2/c1-4-11-9-12(16(2)15-11)10-14(17)8-6-5-7-13(14)18-3/h9,13,17H,4-8,10H2,1-3H3. The Morgan fingerprint density at radius 1 is 1.56 bits per heavy atom. The molecule has 2 unspecified atom stereocenters. The molecule has 0 aromatic carbocycles. The van der Waals surface area contributed by atoms with Crippen LogP contribution in [0.25, 0.3) is 0 Å². The summed E-state index contributed by atoms with van der Waals surface area (Å²) < 4.78 is 7.36. The molecule has 2 atom stereocenters. The zero-order valence-corrected chi connectivity index (χ0v) is 11.6. The van der Waals surface area contributed by atoms with Gasteiger partial charge in [0, 0.05) is 26.3 Å². The molecule has 4 nitrogen and oxygen atoms in total. The highest BCUT2D eigenvalue weighted by molar-refractivity contribution is 5.14. The quantitative estimate of drug-likeness (QED) is 0.889. The Hall–Kier alpha value is -0.870. The van der Waals surface area contributed by atoms with Crippen molar-refractivity contribution in [3.63, 3.8) is 0 Å².